The van der Waals surface area contributed by atoms with Gasteiger partial charge in [-0.05, 0) is 42.8 Å². The Morgan fingerprint density at radius 2 is 2.00 bits per heavy atom. The number of pyridine rings is 2. The lowest BCUT2D eigenvalue weighted by molar-refractivity contribution is 0.736. The van der Waals surface area contributed by atoms with E-state index in [1.807, 2.05) is 12.1 Å². The van der Waals surface area contributed by atoms with Crippen molar-refractivity contribution in [2.75, 3.05) is 5.32 Å². The predicted molar refractivity (Wildman–Crippen MR) is 113 cm³/mol. The third-order valence-electron chi connectivity index (χ3n) is 4.52. The average molecular weight is 392 g/mol. The molecule has 0 unspecified atom stereocenters. The molecular weight excluding hydrogens is 372 g/mol. The predicted octanol–water partition coefficient (Wildman–Crippen LogP) is 4.01. The molecule has 1 saturated carbocycles. The molecule has 0 radical (unpaired) electrons. The largest absolute Gasteiger partial charge is 0.378 e. The molecule has 0 atom stereocenters. The van der Waals surface area contributed by atoms with Crippen LogP contribution in [0.3, 0.4) is 0 Å². The Labute approximate surface area is 166 Å². The van der Waals surface area contributed by atoms with Crippen molar-refractivity contribution < 1.29 is 0 Å². The van der Waals surface area contributed by atoms with E-state index in [-0.39, 0.29) is 0 Å². The minimum absolute atomic E-state index is 0.322. The van der Waals surface area contributed by atoms with E-state index in [0.717, 1.165) is 24.0 Å². The SMILES string of the molecule is N=C(SC(N)=Nc1ccc2ncc(Nc3cnccn3)cc2n1)C1CCCC1. The average Bonchev–Trinajstić information content (AvgIpc) is 3.23. The number of anilines is 2. The van der Waals surface area contributed by atoms with Gasteiger partial charge in [-0.15, -0.1) is 0 Å². The summed E-state index contributed by atoms with van der Waals surface area (Å²) in [5.74, 6) is 1.45. The molecule has 0 aliphatic heterocycles. The molecule has 1 fully saturated rings. The lowest BCUT2D eigenvalue weighted by Crippen LogP contribution is -2.14. The quantitative estimate of drug-likeness (QED) is 0.452. The van der Waals surface area contributed by atoms with Crippen LogP contribution < -0.4 is 11.1 Å². The number of thioether (sulfide) groups is 1. The highest BCUT2D eigenvalue weighted by molar-refractivity contribution is 8.26. The lowest BCUT2D eigenvalue weighted by Gasteiger charge is -2.09. The molecule has 4 rings (SSSR count). The second-order valence-corrected chi connectivity index (χ2v) is 7.61. The third-order valence-corrected chi connectivity index (χ3v) is 5.38. The summed E-state index contributed by atoms with van der Waals surface area (Å²) in [5, 5.41) is 12.3. The topological polar surface area (TPSA) is 126 Å². The van der Waals surface area contributed by atoms with E-state index in [4.69, 9.17) is 11.1 Å². The number of nitrogens with zero attached hydrogens (tertiary/aromatic N) is 5. The Morgan fingerprint density at radius 3 is 2.79 bits per heavy atom. The van der Waals surface area contributed by atoms with Crippen molar-refractivity contribution >= 4 is 50.3 Å². The van der Waals surface area contributed by atoms with Crippen LogP contribution in [-0.4, -0.2) is 30.1 Å². The van der Waals surface area contributed by atoms with E-state index in [9.17, 15) is 0 Å². The second kappa shape index (κ2) is 8.30. The highest BCUT2D eigenvalue weighted by Gasteiger charge is 2.20. The zero-order valence-electron chi connectivity index (χ0n) is 15.2. The molecule has 142 valence electrons. The summed E-state index contributed by atoms with van der Waals surface area (Å²) in [4.78, 5) is 21.5. The van der Waals surface area contributed by atoms with Gasteiger partial charge in [0.15, 0.2) is 11.0 Å². The molecule has 0 aromatic carbocycles. The number of nitrogens with one attached hydrogen (secondary N) is 2. The van der Waals surface area contributed by atoms with Crippen molar-refractivity contribution in [1.29, 1.82) is 5.41 Å². The Kier molecular flexibility index (Phi) is 5.43. The lowest BCUT2D eigenvalue weighted by atomic mass is 10.1. The molecule has 3 heterocycles. The van der Waals surface area contributed by atoms with Crippen LogP contribution in [0.25, 0.3) is 11.0 Å². The summed E-state index contributed by atoms with van der Waals surface area (Å²) in [6, 6.07) is 5.51. The zero-order chi connectivity index (χ0) is 19.3. The Morgan fingerprint density at radius 1 is 1.14 bits per heavy atom. The van der Waals surface area contributed by atoms with Crippen molar-refractivity contribution in [2.24, 2.45) is 16.6 Å². The number of rotatable bonds is 4. The van der Waals surface area contributed by atoms with Crippen LogP contribution in [0, 0.1) is 11.3 Å². The number of hydrogen-bond acceptors (Lipinski definition) is 8. The van der Waals surface area contributed by atoms with Gasteiger partial charge in [-0.1, -0.05) is 12.8 Å². The molecule has 1 aliphatic carbocycles. The Bertz CT molecular complexity index is 1010. The van der Waals surface area contributed by atoms with Gasteiger partial charge in [0, 0.05) is 18.3 Å². The maximum absolute atomic E-state index is 8.20. The van der Waals surface area contributed by atoms with Gasteiger partial charge in [0.05, 0.1) is 34.2 Å². The molecule has 8 nitrogen and oxygen atoms in total. The summed E-state index contributed by atoms with van der Waals surface area (Å²) >= 11 is 1.23. The fourth-order valence-corrected chi connectivity index (χ4v) is 3.92. The van der Waals surface area contributed by atoms with E-state index in [0.29, 0.717) is 33.3 Å². The number of hydrogen-bond donors (Lipinski definition) is 3. The molecule has 3 aromatic rings. The maximum atomic E-state index is 8.20. The molecule has 9 heteroatoms. The number of amidine groups is 1. The Balaban J connectivity index is 1.51. The van der Waals surface area contributed by atoms with Gasteiger partial charge in [0.2, 0.25) is 0 Å². The molecule has 0 saturated heterocycles. The van der Waals surface area contributed by atoms with Crippen LogP contribution in [0.5, 0.6) is 0 Å². The van der Waals surface area contributed by atoms with Crippen LogP contribution >= 0.6 is 11.8 Å². The molecular formula is C19H20N8S. The first-order valence-electron chi connectivity index (χ1n) is 9.08. The van der Waals surface area contributed by atoms with Crippen LogP contribution in [0.15, 0.2) is 48.0 Å². The number of nitrogens with two attached hydrogens (primary N) is 1. The summed E-state index contributed by atoms with van der Waals surface area (Å²) in [6.07, 6.45) is 11.1. The first kappa shape index (κ1) is 18.3. The summed E-state index contributed by atoms with van der Waals surface area (Å²) in [5.41, 5.74) is 8.25. The normalized spacial score (nSPS) is 15.1. The summed E-state index contributed by atoms with van der Waals surface area (Å²) < 4.78 is 0. The van der Waals surface area contributed by atoms with Crippen molar-refractivity contribution in [3.8, 4) is 0 Å². The van der Waals surface area contributed by atoms with E-state index in [2.05, 4.69) is 30.2 Å². The van der Waals surface area contributed by atoms with Crippen molar-refractivity contribution in [3.63, 3.8) is 0 Å². The van der Waals surface area contributed by atoms with Crippen LogP contribution in [0.2, 0.25) is 0 Å². The van der Waals surface area contributed by atoms with Crippen LogP contribution in [0.1, 0.15) is 25.7 Å². The highest BCUT2D eigenvalue weighted by atomic mass is 32.2. The van der Waals surface area contributed by atoms with Crippen LogP contribution in [0.4, 0.5) is 17.3 Å². The zero-order valence-corrected chi connectivity index (χ0v) is 16.0. The molecule has 1 aliphatic rings. The Hall–Kier alpha value is -3.07. The van der Waals surface area contributed by atoms with Gasteiger partial charge in [-0.25, -0.2) is 15.0 Å². The standard InChI is InChI=1S/C19H20N8S/c20-18(12-3-1-2-4-12)28-19(21)27-16-6-5-14-15(26-16)9-13(10-24-14)25-17-11-22-7-8-23-17/h5-12,20H,1-4H2,(H,23,25)(H2,21,26,27). The van der Waals surface area contributed by atoms with E-state index >= 15 is 0 Å². The van der Waals surface area contributed by atoms with Crippen LogP contribution in [-0.2, 0) is 0 Å². The van der Waals surface area contributed by atoms with Gasteiger partial charge in [0.1, 0.15) is 5.82 Å². The number of aromatic nitrogens is 4. The number of fused-ring (bicyclic) bond motifs is 1. The molecule has 0 amide bonds. The molecule has 0 bridgehead atoms. The van der Waals surface area contributed by atoms with E-state index in [1.54, 1.807) is 30.9 Å². The maximum Gasteiger partial charge on any atom is 0.166 e. The van der Waals surface area contributed by atoms with Gasteiger partial charge >= 0.3 is 0 Å². The first-order valence-corrected chi connectivity index (χ1v) is 9.89. The van der Waals surface area contributed by atoms with Gasteiger partial charge in [-0.3, -0.25) is 15.4 Å². The summed E-state index contributed by atoms with van der Waals surface area (Å²) in [7, 11) is 0. The monoisotopic (exact) mass is 392 g/mol. The number of aliphatic imine (C=N–C) groups is 1. The van der Waals surface area contributed by atoms with Crippen molar-refractivity contribution in [2.45, 2.75) is 25.7 Å². The van der Waals surface area contributed by atoms with Gasteiger partial charge in [0.25, 0.3) is 0 Å². The minimum Gasteiger partial charge on any atom is -0.378 e. The van der Waals surface area contributed by atoms with Crippen molar-refractivity contribution in [1.82, 2.24) is 19.9 Å². The van der Waals surface area contributed by atoms with Gasteiger partial charge in [-0.2, -0.15) is 0 Å². The fourth-order valence-electron chi connectivity index (χ4n) is 3.16. The summed E-state index contributed by atoms with van der Waals surface area (Å²) in [6.45, 7) is 0. The smallest absolute Gasteiger partial charge is 0.166 e. The van der Waals surface area contributed by atoms with Gasteiger partial charge < -0.3 is 11.1 Å². The fraction of sp³-hybridized carbons (Fsp3) is 0.263. The molecule has 28 heavy (non-hydrogen) atoms. The molecule has 3 aromatic heterocycles. The second-order valence-electron chi connectivity index (χ2n) is 6.55. The molecule has 0 spiro atoms. The first-order chi connectivity index (χ1) is 13.7. The molecule has 4 N–H and O–H groups in total. The third kappa shape index (κ3) is 4.42. The van der Waals surface area contributed by atoms with Crippen molar-refractivity contribution in [3.05, 3.63) is 43.0 Å². The minimum atomic E-state index is 0.322. The highest BCUT2D eigenvalue weighted by Crippen LogP contribution is 2.30. The van der Waals surface area contributed by atoms with E-state index < -0.39 is 0 Å². The van der Waals surface area contributed by atoms with E-state index in [1.165, 1.54) is 24.6 Å².